The summed E-state index contributed by atoms with van der Waals surface area (Å²) in [5.41, 5.74) is 1.33. The van der Waals surface area contributed by atoms with Gasteiger partial charge in [-0.2, -0.15) is 0 Å². The van der Waals surface area contributed by atoms with Crippen LogP contribution in [0.1, 0.15) is 5.56 Å². The molecule has 1 aromatic carbocycles. The lowest BCUT2D eigenvalue weighted by Crippen LogP contribution is -1.70. The molecule has 0 spiro atoms. The number of benzene rings is 1. The van der Waals surface area contributed by atoms with Gasteiger partial charge < -0.3 is 0 Å². The lowest BCUT2D eigenvalue weighted by molar-refractivity contribution is 1.44. The van der Waals surface area contributed by atoms with Crippen LogP contribution in [0.2, 0.25) is 0 Å². The van der Waals surface area contributed by atoms with Crippen LogP contribution in [0, 0.1) is 0 Å². The maximum atomic E-state index is 3.36. The van der Waals surface area contributed by atoms with E-state index < -0.39 is 0 Å². The minimum Gasteiger partial charge on any atom is -0.106 e. The van der Waals surface area contributed by atoms with E-state index in [4.69, 9.17) is 0 Å². The first-order valence-corrected chi connectivity index (χ1v) is 4.15. The average Bonchev–Trinajstić information content (AvgIpc) is 2.10. The number of hydrogen-bond donors (Lipinski definition) is 0. The highest BCUT2D eigenvalue weighted by Gasteiger charge is 1.81. The minimum absolute atomic E-state index is 0.952. The lowest BCUT2D eigenvalue weighted by Gasteiger charge is -1.88. The highest BCUT2D eigenvalue weighted by atomic mass is 79.9. The second kappa shape index (κ2) is 6.56. The van der Waals surface area contributed by atoms with Crippen LogP contribution in [0.5, 0.6) is 0 Å². The number of alkyl halides is 1. The maximum absolute atomic E-state index is 3.36. The molecule has 54 valence electrons. The molecule has 0 heterocycles. The summed E-state index contributed by atoms with van der Waals surface area (Å²) in [6.45, 7) is 6.00. The van der Waals surface area contributed by atoms with Crippen molar-refractivity contribution in [3.8, 4) is 0 Å². The van der Waals surface area contributed by atoms with Gasteiger partial charge in [0.25, 0.3) is 0 Å². The quantitative estimate of drug-likeness (QED) is 0.480. The Morgan fingerprint density at radius 3 is 1.90 bits per heavy atom. The summed E-state index contributed by atoms with van der Waals surface area (Å²) >= 11 is 3.36. The van der Waals surface area contributed by atoms with Gasteiger partial charge in [0.2, 0.25) is 0 Å². The van der Waals surface area contributed by atoms with Crippen molar-refractivity contribution in [1.82, 2.24) is 0 Å². The second-order valence-electron chi connectivity index (χ2n) is 1.62. The molecular formula is C9H11Br. The Morgan fingerprint density at radius 1 is 1.10 bits per heavy atom. The fourth-order valence-corrected chi connectivity index (χ4v) is 0.941. The molecule has 0 nitrogen and oxygen atoms in total. The summed E-state index contributed by atoms with van der Waals surface area (Å²) in [6, 6.07) is 10.3. The van der Waals surface area contributed by atoms with Crippen molar-refractivity contribution in [1.29, 1.82) is 0 Å². The summed E-state index contributed by atoms with van der Waals surface area (Å²) in [6.07, 6.45) is 0. The van der Waals surface area contributed by atoms with Crippen LogP contribution in [-0.4, -0.2) is 0 Å². The predicted molar refractivity (Wildman–Crippen MR) is 50.3 cm³/mol. The molecule has 0 unspecified atom stereocenters. The molecule has 0 saturated heterocycles. The van der Waals surface area contributed by atoms with E-state index in [2.05, 4.69) is 41.2 Å². The third-order valence-electron chi connectivity index (χ3n) is 0.997. The standard InChI is InChI=1S/C7H7Br.C2H4/c8-6-7-4-2-1-3-5-7;1-2/h1-5H,6H2;1-2H2. The van der Waals surface area contributed by atoms with Crippen LogP contribution in [0.3, 0.4) is 0 Å². The van der Waals surface area contributed by atoms with Gasteiger partial charge >= 0.3 is 0 Å². The molecule has 1 rings (SSSR count). The highest BCUT2D eigenvalue weighted by molar-refractivity contribution is 9.08. The molecule has 0 fully saturated rings. The van der Waals surface area contributed by atoms with Crippen LogP contribution in [0.4, 0.5) is 0 Å². The van der Waals surface area contributed by atoms with Gasteiger partial charge in [-0.25, -0.2) is 0 Å². The zero-order chi connectivity index (χ0) is 7.82. The van der Waals surface area contributed by atoms with Crippen LogP contribution >= 0.6 is 15.9 Å². The van der Waals surface area contributed by atoms with E-state index in [0.717, 1.165) is 5.33 Å². The van der Waals surface area contributed by atoms with Gasteiger partial charge in [-0.3, -0.25) is 0 Å². The topological polar surface area (TPSA) is 0 Å². The molecule has 0 aliphatic heterocycles. The predicted octanol–water partition coefficient (Wildman–Crippen LogP) is 3.38. The van der Waals surface area contributed by atoms with E-state index in [1.165, 1.54) is 5.56 Å². The minimum atomic E-state index is 0.952. The van der Waals surface area contributed by atoms with Gasteiger partial charge in [-0.1, -0.05) is 46.3 Å². The Balaban J connectivity index is 0.000000371. The monoisotopic (exact) mass is 198 g/mol. The SMILES string of the molecule is BrCc1ccccc1.C=C. The van der Waals surface area contributed by atoms with E-state index >= 15 is 0 Å². The Hall–Kier alpha value is -0.560. The molecule has 0 N–H and O–H groups in total. The van der Waals surface area contributed by atoms with Crippen molar-refractivity contribution in [3.05, 3.63) is 49.1 Å². The molecule has 1 heteroatoms. The van der Waals surface area contributed by atoms with Crippen molar-refractivity contribution < 1.29 is 0 Å². The second-order valence-corrected chi connectivity index (χ2v) is 2.18. The Bertz CT molecular complexity index is 158. The van der Waals surface area contributed by atoms with E-state index in [1.807, 2.05) is 18.2 Å². The van der Waals surface area contributed by atoms with Crippen LogP contribution in [-0.2, 0) is 5.33 Å². The summed E-state index contributed by atoms with van der Waals surface area (Å²) in [5.74, 6) is 0. The first-order valence-electron chi connectivity index (χ1n) is 3.03. The zero-order valence-corrected chi connectivity index (χ0v) is 7.47. The van der Waals surface area contributed by atoms with Gasteiger partial charge in [0, 0.05) is 5.33 Å². The maximum Gasteiger partial charge on any atom is 0.0283 e. The molecule has 1 aromatic rings. The molecule has 0 bridgehead atoms. The van der Waals surface area contributed by atoms with Crippen LogP contribution in [0.25, 0.3) is 0 Å². The third-order valence-corrected chi connectivity index (χ3v) is 1.64. The Morgan fingerprint density at radius 2 is 1.60 bits per heavy atom. The van der Waals surface area contributed by atoms with E-state index in [0.29, 0.717) is 0 Å². The van der Waals surface area contributed by atoms with Gasteiger partial charge in [-0.15, -0.1) is 13.2 Å². The van der Waals surface area contributed by atoms with Crippen molar-refractivity contribution in [2.45, 2.75) is 5.33 Å². The van der Waals surface area contributed by atoms with E-state index in [9.17, 15) is 0 Å². The molecule has 0 saturated carbocycles. The fraction of sp³-hybridized carbons (Fsp3) is 0.111. The summed E-state index contributed by atoms with van der Waals surface area (Å²) in [5, 5.41) is 0.952. The van der Waals surface area contributed by atoms with E-state index in [-0.39, 0.29) is 0 Å². The molecular weight excluding hydrogens is 188 g/mol. The van der Waals surface area contributed by atoms with Crippen LogP contribution in [0.15, 0.2) is 43.5 Å². The number of halogens is 1. The summed E-state index contributed by atoms with van der Waals surface area (Å²) < 4.78 is 0. The Kier molecular flexibility index (Phi) is 6.19. The average molecular weight is 199 g/mol. The van der Waals surface area contributed by atoms with Crippen molar-refractivity contribution in [3.63, 3.8) is 0 Å². The van der Waals surface area contributed by atoms with Crippen molar-refractivity contribution >= 4 is 15.9 Å². The normalized spacial score (nSPS) is 7.70. The first kappa shape index (κ1) is 9.44. The van der Waals surface area contributed by atoms with Crippen molar-refractivity contribution in [2.75, 3.05) is 0 Å². The molecule has 0 atom stereocenters. The number of rotatable bonds is 1. The lowest BCUT2D eigenvalue weighted by atomic mass is 10.2. The molecule has 0 amide bonds. The fourth-order valence-electron chi connectivity index (χ4n) is 0.567. The molecule has 0 aromatic heterocycles. The van der Waals surface area contributed by atoms with Crippen LogP contribution < -0.4 is 0 Å². The molecule has 10 heavy (non-hydrogen) atoms. The van der Waals surface area contributed by atoms with Gasteiger partial charge in [0.05, 0.1) is 0 Å². The van der Waals surface area contributed by atoms with Gasteiger partial charge in [0.1, 0.15) is 0 Å². The summed E-state index contributed by atoms with van der Waals surface area (Å²) in [4.78, 5) is 0. The third kappa shape index (κ3) is 3.46. The van der Waals surface area contributed by atoms with Gasteiger partial charge in [0.15, 0.2) is 0 Å². The Labute approximate surface area is 70.7 Å². The summed E-state index contributed by atoms with van der Waals surface area (Å²) in [7, 11) is 0. The van der Waals surface area contributed by atoms with E-state index in [1.54, 1.807) is 0 Å². The highest BCUT2D eigenvalue weighted by Crippen LogP contribution is 2.02. The zero-order valence-electron chi connectivity index (χ0n) is 5.89. The molecule has 0 aliphatic rings. The largest absolute Gasteiger partial charge is 0.106 e. The molecule has 0 aliphatic carbocycles. The van der Waals surface area contributed by atoms with Crippen molar-refractivity contribution in [2.24, 2.45) is 0 Å². The number of hydrogen-bond acceptors (Lipinski definition) is 0. The first-order chi connectivity index (χ1) is 4.93. The van der Waals surface area contributed by atoms with Gasteiger partial charge in [-0.05, 0) is 5.56 Å². The smallest absolute Gasteiger partial charge is 0.0283 e. The molecule has 0 radical (unpaired) electrons.